The van der Waals surface area contributed by atoms with E-state index < -0.39 is 145 Å². The number of carbonyl (C=O) groups is 11. The van der Waals surface area contributed by atoms with Crippen molar-refractivity contribution in [1.29, 1.82) is 0 Å². The quantitative estimate of drug-likeness (QED) is 0.0251. The van der Waals surface area contributed by atoms with Crippen molar-refractivity contribution < 1.29 is 78.3 Å². The molecule has 26 nitrogen and oxygen atoms in total. The molecule has 0 saturated heterocycles. The van der Waals surface area contributed by atoms with Gasteiger partial charge in [-0.25, -0.2) is 4.79 Å². The van der Waals surface area contributed by atoms with Crippen molar-refractivity contribution in [2.45, 2.75) is 126 Å². The number of fused-ring (bicyclic) bond motifs is 1. The van der Waals surface area contributed by atoms with Crippen molar-refractivity contribution in [3.05, 3.63) is 132 Å². The maximum Gasteiger partial charge on any atom is 0.326 e. The van der Waals surface area contributed by atoms with Crippen LogP contribution in [-0.4, -0.2) is 168 Å². The average Bonchev–Trinajstić information content (AvgIpc) is 3.71. The molecule has 0 aliphatic rings. The molecule has 8 amide bonds. The monoisotopic (exact) mass is 1270 g/mol. The molecule has 4 aromatic carbocycles. The molecule has 0 aliphatic carbocycles. The molecule has 0 saturated carbocycles. The van der Waals surface area contributed by atoms with Gasteiger partial charge in [-0.2, -0.15) is 24.4 Å². The van der Waals surface area contributed by atoms with Gasteiger partial charge in [-0.3, -0.25) is 47.9 Å². The molecule has 5 rings (SSSR count). The summed E-state index contributed by atoms with van der Waals surface area (Å²) in [5.41, 5.74) is 8.77. The van der Waals surface area contributed by atoms with Crippen LogP contribution in [0.5, 0.6) is 11.5 Å². The summed E-state index contributed by atoms with van der Waals surface area (Å²) in [5, 5.41) is 69.9. The fourth-order valence-electron chi connectivity index (χ4n) is 9.24. The minimum atomic E-state index is -1.99. The van der Waals surface area contributed by atoms with E-state index in [0.717, 1.165) is 0 Å². The van der Waals surface area contributed by atoms with E-state index in [1.807, 2.05) is 13.2 Å². The SMILES string of the molecule is CC[C@H](C)[C@H](N)C(=O)N[C@@H](CCSC)C(=O)N[C@@H](Cc1ccccc1)C(=O)N[C@@H](Cc1c[nH]c2ccccc12)C(=O)N[C@@H](Cc1ccc(O)cc1)C(=O)N[C@@H](CC(=O)O)C(=O)N[C@@H](CS)C(=O)N[C@@H](Cc1ccc(O)cc1)C(=O)N[C@@H](CCC(=O)O)C(=O)O. The number of thiol groups is 1. The lowest BCUT2D eigenvalue weighted by Crippen LogP contribution is -2.61. The first kappa shape index (κ1) is 70.6. The number of hydrogen-bond donors (Lipinski definition) is 16. The number of aromatic hydroxyl groups is 2. The van der Waals surface area contributed by atoms with Gasteiger partial charge in [0.1, 0.15) is 59.8 Å². The molecular weight excluding hydrogens is 1190 g/mol. The number of amides is 8. The Morgan fingerprint density at radius 1 is 0.506 bits per heavy atom. The lowest BCUT2D eigenvalue weighted by Gasteiger charge is -2.28. The first-order chi connectivity index (χ1) is 42.4. The van der Waals surface area contributed by atoms with Crippen molar-refractivity contribution in [3.8, 4) is 11.5 Å². The number of carboxylic acid groups (broad SMARTS) is 3. The number of aromatic amines is 1. The molecule has 5 aromatic rings. The summed E-state index contributed by atoms with van der Waals surface area (Å²) in [4.78, 5) is 153. The molecule has 10 atom stereocenters. The van der Waals surface area contributed by atoms with Gasteiger partial charge in [0.15, 0.2) is 0 Å². The number of nitrogens with two attached hydrogens (primary N) is 1. The maximum atomic E-state index is 15.0. The maximum absolute atomic E-state index is 15.0. The molecule has 0 fully saturated rings. The molecule has 16 N–H and O–H groups in total. The Bertz CT molecular complexity index is 3260. The Kier molecular flexibility index (Phi) is 27.8. The Morgan fingerprint density at radius 3 is 1.39 bits per heavy atom. The number of rotatable bonds is 36. The van der Waals surface area contributed by atoms with Crippen LogP contribution in [0.4, 0.5) is 0 Å². The zero-order chi connectivity index (χ0) is 65.3. The lowest BCUT2D eigenvalue weighted by molar-refractivity contribution is -0.143. The highest BCUT2D eigenvalue weighted by Crippen LogP contribution is 2.21. The Labute approximate surface area is 522 Å². The number of carboxylic acids is 3. The van der Waals surface area contributed by atoms with Crippen LogP contribution in [0.15, 0.2) is 109 Å². The number of H-pyrrole nitrogens is 1. The van der Waals surface area contributed by atoms with Crippen molar-refractivity contribution in [3.63, 3.8) is 0 Å². The molecule has 89 heavy (non-hydrogen) atoms. The van der Waals surface area contributed by atoms with Crippen molar-refractivity contribution in [1.82, 2.24) is 47.5 Å². The summed E-state index contributed by atoms with van der Waals surface area (Å²) in [6.07, 6.45) is 0.937. The van der Waals surface area contributed by atoms with Gasteiger partial charge in [-0.15, -0.1) is 0 Å². The molecule has 1 aromatic heterocycles. The third-order valence-electron chi connectivity index (χ3n) is 14.6. The highest BCUT2D eigenvalue weighted by atomic mass is 32.2. The topological polar surface area (TPSA) is 427 Å². The fourth-order valence-corrected chi connectivity index (χ4v) is 9.97. The normalized spacial score (nSPS) is 14.5. The molecule has 478 valence electrons. The number of phenolic OH excluding ortho intramolecular Hbond substituents is 2. The van der Waals surface area contributed by atoms with Crippen LogP contribution in [0.3, 0.4) is 0 Å². The second kappa shape index (κ2) is 35.0. The smallest absolute Gasteiger partial charge is 0.326 e. The lowest BCUT2D eigenvalue weighted by atomic mass is 9.98. The van der Waals surface area contributed by atoms with Crippen molar-refractivity contribution in [2.24, 2.45) is 11.7 Å². The molecule has 0 radical (unpaired) electrons. The minimum absolute atomic E-state index is 0.0941. The van der Waals surface area contributed by atoms with E-state index in [1.54, 1.807) is 67.7 Å². The summed E-state index contributed by atoms with van der Waals surface area (Å²) in [5.74, 6) is -12.8. The van der Waals surface area contributed by atoms with E-state index in [-0.39, 0.29) is 49.5 Å². The van der Waals surface area contributed by atoms with Gasteiger partial charge in [0.25, 0.3) is 0 Å². The van der Waals surface area contributed by atoms with E-state index in [9.17, 15) is 68.4 Å². The molecule has 0 bridgehead atoms. The van der Waals surface area contributed by atoms with Gasteiger partial charge in [-0.05, 0) is 83.4 Å². The van der Waals surface area contributed by atoms with Gasteiger partial charge >= 0.3 is 17.9 Å². The first-order valence-corrected chi connectivity index (χ1v) is 30.5. The van der Waals surface area contributed by atoms with E-state index in [2.05, 4.69) is 60.1 Å². The van der Waals surface area contributed by atoms with Gasteiger partial charge < -0.3 is 78.8 Å². The van der Waals surface area contributed by atoms with Crippen LogP contribution in [0.25, 0.3) is 10.9 Å². The predicted octanol–water partition coefficient (Wildman–Crippen LogP) is 1.21. The third-order valence-corrected chi connectivity index (χ3v) is 15.6. The highest BCUT2D eigenvalue weighted by Gasteiger charge is 2.37. The van der Waals surface area contributed by atoms with Crippen LogP contribution in [0.2, 0.25) is 0 Å². The summed E-state index contributed by atoms with van der Waals surface area (Å²) in [6.45, 7) is 3.68. The number of para-hydroxylation sites is 1. The number of phenols is 2. The number of thioether (sulfide) groups is 1. The first-order valence-electron chi connectivity index (χ1n) is 28.5. The Balaban J connectivity index is 1.46. The summed E-state index contributed by atoms with van der Waals surface area (Å²) in [6, 6.07) is 13.0. The van der Waals surface area contributed by atoms with Gasteiger partial charge in [0, 0.05) is 55.0 Å². The molecular formula is C61H76N10O16S2. The van der Waals surface area contributed by atoms with Crippen LogP contribution in [-0.2, 0) is 78.4 Å². The number of hydrogen-bond acceptors (Lipinski definition) is 16. The van der Waals surface area contributed by atoms with E-state index in [0.29, 0.717) is 45.3 Å². The van der Waals surface area contributed by atoms with E-state index >= 15 is 4.79 Å². The van der Waals surface area contributed by atoms with Crippen LogP contribution < -0.4 is 48.3 Å². The van der Waals surface area contributed by atoms with Crippen molar-refractivity contribution in [2.75, 3.05) is 17.8 Å². The molecule has 0 spiro atoms. The molecule has 28 heteroatoms. The number of nitrogens with one attached hydrogen (secondary N) is 9. The second-order valence-electron chi connectivity index (χ2n) is 21.2. The predicted molar refractivity (Wildman–Crippen MR) is 332 cm³/mol. The highest BCUT2D eigenvalue weighted by molar-refractivity contribution is 7.98. The van der Waals surface area contributed by atoms with Crippen LogP contribution >= 0.6 is 24.4 Å². The van der Waals surface area contributed by atoms with E-state index in [4.69, 9.17) is 10.8 Å². The zero-order valence-corrected chi connectivity index (χ0v) is 50.8. The average molecular weight is 1270 g/mol. The number of aliphatic carboxylic acids is 3. The summed E-state index contributed by atoms with van der Waals surface area (Å²) < 4.78 is 0. The van der Waals surface area contributed by atoms with Crippen molar-refractivity contribution >= 4 is 100 Å². The Hall–Kier alpha value is -9.15. The minimum Gasteiger partial charge on any atom is -0.508 e. The molecule has 1 heterocycles. The fraction of sp³-hybridized carbons (Fsp3) is 0.393. The number of benzene rings is 4. The van der Waals surface area contributed by atoms with Gasteiger partial charge in [0.2, 0.25) is 47.3 Å². The number of carbonyl (C=O) groups excluding carboxylic acids is 8. The number of aromatic nitrogens is 1. The third kappa shape index (κ3) is 22.5. The zero-order valence-electron chi connectivity index (χ0n) is 49.1. The summed E-state index contributed by atoms with van der Waals surface area (Å²) in [7, 11) is 0. The van der Waals surface area contributed by atoms with E-state index in [1.165, 1.54) is 60.3 Å². The standard InChI is InChI=1S/C61H76N10O16S2/c1-4-33(2)52(62)60(85)64-42(24-25-89-3)53(78)66-44(26-34-10-6-5-7-11-34)55(80)69-47(29-37-31-63-41-13-9-8-12-40(37)41)57(82)67-46(28-36-16-20-39(73)21-17-36)56(81)70-48(30-51(76)77)58(83)71-49(32-88)59(84)68-45(27-35-14-18-38(72)19-15-35)54(79)65-43(61(86)87)22-23-50(74)75/h5-21,31,33,42-49,52,63,72-73,88H,4,22-30,32,62H2,1-3H3,(H,64,85)(H,65,79)(H,66,78)(H,67,82)(H,68,84)(H,69,80)(H,70,81)(H,71,83)(H,74,75)(H,76,77)(H,86,87)/t33-,42-,43-,44-,45-,46-,47-,48-,49-,52-/m0/s1. The second-order valence-corrected chi connectivity index (χ2v) is 22.6. The summed E-state index contributed by atoms with van der Waals surface area (Å²) >= 11 is 5.63. The Morgan fingerprint density at radius 2 is 0.921 bits per heavy atom. The van der Waals surface area contributed by atoms with Gasteiger partial charge in [-0.1, -0.05) is 93.1 Å². The van der Waals surface area contributed by atoms with Gasteiger partial charge in [0.05, 0.1) is 12.5 Å². The van der Waals surface area contributed by atoms with Crippen LogP contribution in [0, 0.1) is 5.92 Å². The molecule has 0 unspecified atom stereocenters. The molecule has 0 aliphatic heterocycles. The largest absolute Gasteiger partial charge is 0.508 e. The van der Waals surface area contributed by atoms with Crippen LogP contribution in [0.1, 0.15) is 68.2 Å².